The highest BCUT2D eigenvalue weighted by Gasteiger charge is 2.22. The molecule has 0 spiro atoms. The second kappa shape index (κ2) is 8.68. The van der Waals surface area contributed by atoms with Crippen molar-refractivity contribution in [3.63, 3.8) is 0 Å². The summed E-state index contributed by atoms with van der Waals surface area (Å²) >= 11 is 0. The van der Waals surface area contributed by atoms with E-state index >= 15 is 0 Å². The molecule has 0 aromatic carbocycles. The Balaban J connectivity index is 3.71. The molecule has 0 radical (unpaired) electrons. The zero-order valence-corrected chi connectivity index (χ0v) is 9.36. The number of nitrogens with one attached hydrogen (secondary N) is 1. The van der Waals surface area contributed by atoms with E-state index in [0.29, 0.717) is 25.8 Å². The minimum absolute atomic E-state index is 0.196. The van der Waals surface area contributed by atoms with Crippen LogP contribution in [-0.4, -0.2) is 31.1 Å². The Labute approximate surface area is 94.7 Å². The van der Waals surface area contributed by atoms with Crippen LogP contribution in [-0.2, 0) is 14.3 Å². The average Bonchev–Trinajstić information content (AvgIpc) is 2.27. The van der Waals surface area contributed by atoms with Gasteiger partial charge in [0.25, 0.3) is 0 Å². The molecule has 0 aliphatic carbocycles. The molecule has 0 rings (SSSR count). The predicted molar refractivity (Wildman–Crippen MR) is 57.1 cm³/mol. The Morgan fingerprint density at radius 3 is 2.75 bits per heavy atom. The van der Waals surface area contributed by atoms with Crippen molar-refractivity contribution in [2.24, 2.45) is 5.73 Å². The van der Waals surface area contributed by atoms with Crippen molar-refractivity contribution in [2.45, 2.75) is 32.2 Å². The van der Waals surface area contributed by atoms with E-state index in [4.69, 9.17) is 11.0 Å². The third-order valence-electron chi connectivity index (χ3n) is 1.84. The molecule has 0 aliphatic heterocycles. The van der Waals surface area contributed by atoms with Crippen LogP contribution in [0.25, 0.3) is 0 Å². The number of hydrogen-bond acceptors (Lipinski definition) is 5. The molecular formula is C10H17N3O3. The number of nitrogens with zero attached hydrogens (tertiary/aromatic N) is 1. The second-order valence-corrected chi connectivity index (χ2v) is 3.14. The number of rotatable bonds is 7. The first-order valence-corrected chi connectivity index (χ1v) is 5.20. The normalized spacial score (nSPS) is 11.3. The number of nitriles is 1. The van der Waals surface area contributed by atoms with Crippen molar-refractivity contribution in [1.82, 2.24) is 5.32 Å². The fraction of sp³-hybridized carbons (Fsp3) is 0.700. The Kier molecular flexibility index (Phi) is 7.81. The maximum Gasteiger partial charge on any atom is 0.332 e. The largest absolute Gasteiger partial charge is 0.464 e. The lowest BCUT2D eigenvalue weighted by Crippen LogP contribution is -2.47. The number of carbonyl (C=O) groups is 2. The van der Waals surface area contributed by atoms with E-state index in [1.807, 2.05) is 6.07 Å². The maximum atomic E-state index is 11.3. The number of carbonyl (C=O) groups excluding carboxylic acids is 2. The molecule has 0 fully saturated rings. The number of amides is 1. The van der Waals surface area contributed by atoms with Gasteiger partial charge in [0.2, 0.25) is 5.91 Å². The maximum absolute atomic E-state index is 11.3. The number of nitrogens with two attached hydrogens (primary N) is 1. The second-order valence-electron chi connectivity index (χ2n) is 3.14. The summed E-state index contributed by atoms with van der Waals surface area (Å²) in [4.78, 5) is 22.4. The number of unbranched alkanes of at least 4 members (excludes halogenated alkanes) is 2. The Morgan fingerprint density at radius 1 is 1.50 bits per heavy atom. The number of ether oxygens (including phenoxy) is 1. The molecule has 1 atom stereocenters. The standard InChI is InChI=1S/C10H17N3O3/c1-2-16-10(15)8(12)9(14)13-7-5-3-4-6-11/h8H,2-5,7,12H2,1H3,(H,13,14). The summed E-state index contributed by atoms with van der Waals surface area (Å²) in [5.41, 5.74) is 5.35. The van der Waals surface area contributed by atoms with Gasteiger partial charge in [-0.3, -0.25) is 4.79 Å². The van der Waals surface area contributed by atoms with Gasteiger partial charge in [-0.1, -0.05) is 0 Å². The van der Waals surface area contributed by atoms with Gasteiger partial charge in [-0.2, -0.15) is 5.26 Å². The van der Waals surface area contributed by atoms with E-state index in [9.17, 15) is 9.59 Å². The number of esters is 1. The first kappa shape index (κ1) is 14.4. The third kappa shape index (κ3) is 5.98. The Morgan fingerprint density at radius 2 is 2.19 bits per heavy atom. The van der Waals surface area contributed by atoms with Crippen molar-refractivity contribution in [1.29, 1.82) is 5.26 Å². The molecule has 1 unspecified atom stereocenters. The molecule has 6 heteroatoms. The molecule has 0 heterocycles. The van der Waals surface area contributed by atoms with Crippen LogP contribution in [0.2, 0.25) is 0 Å². The molecule has 0 aromatic rings. The average molecular weight is 227 g/mol. The summed E-state index contributed by atoms with van der Waals surface area (Å²) < 4.78 is 4.60. The smallest absolute Gasteiger partial charge is 0.332 e. The predicted octanol–water partition coefficient (Wildman–Crippen LogP) is -0.313. The first-order valence-electron chi connectivity index (χ1n) is 5.20. The lowest BCUT2D eigenvalue weighted by Gasteiger charge is -2.10. The van der Waals surface area contributed by atoms with Gasteiger partial charge in [-0.15, -0.1) is 0 Å². The zero-order valence-electron chi connectivity index (χ0n) is 9.36. The fourth-order valence-electron chi connectivity index (χ4n) is 0.990. The highest BCUT2D eigenvalue weighted by atomic mass is 16.5. The summed E-state index contributed by atoms with van der Waals surface area (Å²) in [5.74, 6) is -1.27. The number of hydrogen-bond donors (Lipinski definition) is 2. The van der Waals surface area contributed by atoms with Gasteiger partial charge in [-0.05, 0) is 19.8 Å². The zero-order chi connectivity index (χ0) is 12.4. The van der Waals surface area contributed by atoms with E-state index in [0.717, 1.165) is 0 Å². The minimum Gasteiger partial charge on any atom is -0.464 e. The third-order valence-corrected chi connectivity index (χ3v) is 1.84. The quantitative estimate of drug-likeness (QED) is 0.352. The SMILES string of the molecule is CCOC(=O)C(N)C(=O)NCCCCC#N. The first-order chi connectivity index (χ1) is 7.63. The fourth-order valence-corrected chi connectivity index (χ4v) is 0.990. The van der Waals surface area contributed by atoms with Crippen LogP contribution < -0.4 is 11.1 Å². The summed E-state index contributed by atoms with van der Waals surface area (Å²) in [6.45, 7) is 2.25. The summed E-state index contributed by atoms with van der Waals surface area (Å²) in [7, 11) is 0. The monoisotopic (exact) mass is 227 g/mol. The highest BCUT2D eigenvalue weighted by molar-refractivity contribution is 6.01. The molecule has 16 heavy (non-hydrogen) atoms. The molecule has 0 aliphatic rings. The molecule has 0 saturated heterocycles. The molecule has 90 valence electrons. The van der Waals surface area contributed by atoms with Crippen molar-refractivity contribution < 1.29 is 14.3 Å². The van der Waals surface area contributed by atoms with E-state index in [1.165, 1.54) is 0 Å². The lowest BCUT2D eigenvalue weighted by atomic mass is 10.2. The van der Waals surface area contributed by atoms with Crippen LogP contribution in [0.1, 0.15) is 26.2 Å². The van der Waals surface area contributed by atoms with Gasteiger partial charge >= 0.3 is 5.97 Å². The van der Waals surface area contributed by atoms with Crippen LogP contribution in [0.3, 0.4) is 0 Å². The van der Waals surface area contributed by atoms with E-state index in [1.54, 1.807) is 6.92 Å². The van der Waals surface area contributed by atoms with Gasteiger partial charge < -0.3 is 15.8 Å². The van der Waals surface area contributed by atoms with Crippen LogP contribution in [0.5, 0.6) is 0 Å². The van der Waals surface area contributed by atoms with Crippen LogP contribution in [0.15, 0.2) is 0 Å². The summed E-state index contributed by atoms with van der Waals surface area (Å²) in [5, 5.41) is 10.8. The molecular weight excluding hydrogens is 210 g/mol. The van der Waals surface area contributed by atoms with Crippen molar-refractivity contribution >= 4 is 11.9 Å². The molecule has 0 aromatic heterocycles. The van der Waals surface area contributed by atoms with Crippen LogP contribution >= 0.6 is 0 Å². The lowest BCUT2D eigenvalue weighted by molar-refractivity contribution is -0.147. The minimum atomic E-state index is -1.27. The van der Waals surface area contributed by atoms with Gasteiger partial charge in [0.1, 0.15) is 0 Å². The topological polar surface area (TPSA) is 105 Å². The molecule has 1 amide bonds. The summed E-state index contributed by atoms with van der Waals surface area (Å²) in [6, 6.07) is 0.734. The van der Waals surface area contributed by atoms with Crippen LogP contribution in [0.4, 0.5) is 0 Å². The molecule has 0 saturated carbocycles. The highest BCUT2D eigenvalue weighted by Crippen LogP contribution is 1.92. The molecule has 3 N–H and O–H groups in total. The Bertz CT molecular complexity index is 273. The van der Waals surface area contributed by atoms with Gasteiger partial charge in [-0.25, -0.2) is 4.79 Å². The van der Waals surface area contributed by atoms with Gasteiger partial charge in [0.15, 0.2) is 6.04 Å². The van der Waals surface area contributed by atoms with Gasteiger partial charge in [0.05, 0.1) is 12.7 Å². The molecule has 6 nitrogen and oxygen atoms in total. The summed E-state index contributed by atoms with van der Waals surface area (Å²) in [6.07, 6.45) is 1.86. The van der Waals surface area contributed by atoms with E-state index in [-0.39, 0.29) is 6.61 Å². The van der Waals surface area contributed by atoms with E-state index < -0.39 is 17.9 Å². The Hall–Kier alpha value is -1.61. The van der Waals surface area contributed by atoms with Crippen molar-refractivity contribution in [3.05, 3.63) is 0 Å². The van der Waals surface area contributed by atoms with Crippen molar-refractivity contribution in [2.75, 3.05) is 13.2 Å². The molecule has 0 bridgehead atoms. The van der Waals surface area contributed by atoms with Crippen molar-refractivity contribution in [3.8, 4) is 6.07 Å². The van der Waals surface area contributed by atoms with Gasteiger partial charge in [0, 0.05) is 13.0 Å². The van der Waals surface area contributed by atoms with E-state index in [2.05, 4.69) is 10.1 Å². The van der Waals surface area contributed by atoms with Crippen LogP contribution in [0, 0.1) is 11.3 Å².